The van der Waals surface area contributed by atoms with Gasteiger partial charge in [-0.3, -0.25) is 14.9 Å². The number of carbonyl (C=O) groups excluding carboxylic acids is 1. The zero-order valence-electron chi connectivity index (χ0n) is 11.9. The second-order valence-electron chi connectivity index (χ2n) is 5.11. The molecule has 0 aliphatic rings. The molecule has 0 heterocycles. The quantitative estimate of drug-likeness (QED) is 0.616. The van der Waals surface area contributed by atoms with Gasteiger partial charge in [0, 0.05) is 18.7 Å². The van der Waals surface area contributed by atoms with E-state index in [4.69, 9.17) is 5.11 Å². The Kier molecular flexibility index (Phi) is 5.64. The van der Waals surface area contributed by atoms with Crippen LogP contribution in [0.5, 0.6) is 0 Å². The van der Waals surface area contributed by atoms with Crippen molar-refractivity contribution in [1.82, 2.24) is 5.32 Å². The summed E-state index contributed by atoms with van der Waals surface area (Å²) in [5.41, 5.74) is 0.627. The van der Waals surface area contributed by atoms with Gasteiger partial charge in [0.1, 0.15) is 5.56 Å². The largest absolute Gasteiger partial charge is 0.396 e. The molecule has 0 spiro atoms. The Balaban J connectivity index is 3.02. The molecular weight excluding hydrogens is 260 g/mol. The van der Waals surface area contributed by atoms with E-state index in [1.165, 1.54) is 12.1 Å². The van der Waals surface area contributed by atoms with Crippen molar-refractivity contribution in [3.8, 4) is 0 Å². The molecule has 110 valence electrons. The highest BCUT2D eigenvalue weighted by Crippen LogP contribution is 2.20. The van der Waals surface area contributed by atoms with Crippen LogP contribution in [0.25, 0.3) is 0 Å². The monoisotopic (exact) mass is 280 g/mol. The minimum Gasteiger partial charge on any atom is -0.396 e. The van der Waals surface area contributed by atoms with Gasteiger partial charge in [0.05, 0.1) is 4.92 Å². The van der Waals surface area contributed by atoms with E-state index in [-0.39, 0.29) is 29.8 Å². The maximum absolute atomic E-state index is 12.2. The molecule has 0 bridgehead atoms. The lowest BCUT2D eigenvalue weighted by Crippen LogP contribution is -2.39. The summed E-state index contributed by atoms with van der Waals surface area (Å²) in [6, 6.07) is 4.22. The van der Waals surface area contributed by atoms with Gasteiger partial charge in [-0.1, -0.05) is 19.9 Å². The van der Waals surface area contributed by atoms with Gasteiger partial charge >= 0.3 is 0 Å². The van der Waals surface area contributed by atoms with Gasteiger partial charge in [0.25, 0.3) is 11.6 Å². The first kappa shape index (κ1) is 16.1. The molecular formula is C14H20N2O4. The molecule has 1 amide bonds. The number of carbonyl (C=O) groups is 1. The molecule has 0 fully saturated rings. The van der Waals surface area contributed by atoms with Gasteiger partial charge < -0.3 is 10.4 Å². The van der Waals surface area contributed by atoms with Crippen LogP contribution in [0.2, 0.25) is 0 Å². The van der Waals surface area contributed by atoms with Crippen molar-refractivity contribution in [2.75, 3.05) is 6.61 Å². The molecule has 0 radical (unpaired) electrons. The predicted octanol–water partition coefficient (Wildman–Crippen LogP) is 2.04. The van der Waals surface area contributed by atoms with E-state index in [9.17, 15) is 14.9 Å². The van der Waals surface area contributed by atoms with Crippen molar-refractivity contribution in [1.29, 1.82) is 0 Å². The lowest BCUT2D eigenvalue weighted by atomic mass is 10.0. The summed E-state index contributed by atoms with van der Waals surface area (Å²) >= 11 is 0. The molecule has 0 aliphatic heterocycles. The van der Waals surface area contributed by atoms with E-state index in [0.717, 1.165) is 5.56 Å². The maximum Gasteiger partial charge on any atom is 0.282 e. The summed E-state index contributed by atoms with van der Waals surface area (Å²) in [6.45, 7) is 5.57. The fourth-order valence-electron chi connectivity index (χ4n) is 1.95. The lowest BCUT2D eigenvalue weighted by molar-refractivity contribution is -0.385. The number of nitro groups is 1. The molecule has 2 N–H and O–H groups in total. The van der Waals surface area contributed by atoms with Gasteiger partial charge in [-0.2, -0.15) is 0 Å². The number of nitrogens with zero attached hydrogens (tertiary/aromatic N) is 1. The van der Waals surface area contributed by atoms with E-state index in [1.807, 2.05) is 13.8 Å². The molecule has 6 nitrogen and oxygen atoms in total. The Bertz CT molecular complexity index is 500. The maximum atomic E-state index is 12.2. The number of hydrogen-bond donors (Lipinski definition) is 2. The van der Waals surface area contributed by atoms with Crippen LogP contribution in [0.15, 0.2) is 18.2 Å². The minimum atomic E-state index is -0.565. The van der Waals surface area contributed by atoms with Crippen LogP contribution in [0, 0.1) is 23.0 Å². The molecule has 1 aromatic carbocycles. The Morgan fingerprint density at radius 2 is 2.10 bits per heavy atom. The third-order valence-corrected chi connectivity index (χ3v) is 3.15. The highest BCUT2D eigenvalue weighted by atomic mass is 16.6. The Morgan fingerprint density at radius 1 is 1.45 bits per heavy atom. The molecule has 0 saturated heterocycles. The Morgan fingerprint density at radius 3 is 2.60 bits per heavy atom. The predicted molar refractivity (Wildman–Crippen MR) is 75.6 cm³/mol. The number of hydrogen-bond acceptors (Lipinski definition) is 4. The zero-order chi connectivity index (χ0) is 15.3. The first-order valence-electron chi connectivity index (χ1n) is 6.53. The topological polar surface area (TPSA) is 92.5 Å². The normalized spacial score (nSPS) is 12.2. The summed E-state index contributed by atoms with van der Waals surface area (Å²) in [6.07, 6.45) is 0.420. The molecule has 1 aromatic rings. The number of amides is 1. The van der Waals surface area contributed by atoms with E-state index in [1.54, 1.807) is 13.0 Å². The highest BCUT2D eigenvalue weighted by molar-refractivity contribution is 5.98. The summed E-state index contributed by atoms with van der Waals surface area (Å²) in [5.74, 6) is -0.345. The van der Waals surface area contributed by atoms with Gasteiger partial charge in [-0.15, -0.1) is 0 Å². The van der Waals surface area contributed by atoms with Crippen molar-refractivity contribution >= 4 is 11.6 Å². The number of nitro benzene ring substituents is 1. The number of aryl methyl sites for hydroxylation is 1. The summed E-state index contributed by atoms with van der Waals surface area (Å²) in [4.78, 5) is 22.6. The minimum absolute atomic E-state index is 0.0426. The van der Waals surface area contributed by atoms with Crippen molar-refractivity contribution in [2.24, 2.45) is 5.92 Å². The first-order chi connectivity index (χ1) is 9.36. The van der Waals surface area contributed by atoms with E-state index in [0.29, 0.717) is 6.42 Å². The van der Waals surface area contributed by atoms with Gasteiger partial charge in [0.15, 0.2) is 0 Å². The lowest BCUT2D eigenvalue weighted by Gasteiger charge is -2.21. The van der Waals surface area contributed by atoms with Crippen LogP contribution in [-0.4, -0.2) is 28.6 Å². The third-order valence-electron chi connectivity index (χ3n) is 3.15. The molecule has 0 saturated carbocycles. The van der Waals surface area contributed by atoms with Crippen molar-refractivity contribution in [3.05, 3.63) is 39.4 Å². The highest BCUT2D eigenvalue weighted by Gasteiger charge is 2.23. The smallest absolute Gasteiger partial charge is 0.282 e. The second-order valence-corrected chi connectivity index (χ2v) is 5.11. The van der Waals surface area contributed by atoms with Crippen LogP contribution < -0.4 is 5.32 Å². The molecule has 0 aromatic heterocycles. The van der Waals surface area contributed by atoms with Crippen LogP contribution in [0.4, 0.5) is 5.69 Å². The SMILES string of the molecule is Cc1ccc([N+](=O)[O-])c(C(=O)NC(CCO)C(C)C)c1. The molecule has 0 aliphatic carbocycles. The average molecular weight is 280 g/mol. The number of benzene rings is 1. The van der Waals surface area contributed by atoms with Gasteiger partial charge in [-0.05, 0) is 30.9 Å². The second kappa shape index (κ2) is 7.00. The summed E-state index contributed by atoms with van der Waals surface area (Å²) in [7, 11) is 0. The molecule has 1 unspecified atom stereocenters. The number of aliphatic hydroxyl groups is 1. The van der Waals surface area contributed by atoms with Gasteiger partial charge in [-0.25, -0.2) is 0 Å². The molecule has 1 rings (SSSR count). The molecule has 1 atom stereocenters. The first-order valence-corrected chi connectivity index (χ1v) is 6.53. The summed E-state index contributed by atoms with van der Waals surface area (Å²) < 4.78 is 0. The van der Waals surface area contributed by atoms with Crippen LogP contribution in [-0.2, 0) is 0 Å². The number of rotatable bonds is 6. The van der Waals surface area contributed by atoms with Crippen molar-refractivity contribution in [2.45, 2.75) is 33.2 Å². The number of aliphatic hydroxyl groups excluding tert-OH is 1. The fraction of sp³-hybridized carbons (Fsp3) is 0.500. The van der Waals surface area contributed by atoms with Crippen LogP contribution in [0.1, 0.15) is 36.2 Å². The average Bonchev–Trinajstić information content (AvgIpc) is 2.37. The molecule has 20 heavy (non-hydrogen) atoms. The van der Waals surface area contributed by atoms with Gasteiger partial charge in [0.2, 0.25) is 0 Å². The molecule has 6 heteroatoms. The van der Waals surface area contributed by atoms with Crippen LogP contribution in [0.3, 0.4) is 0 Å². The van der Waals surface area contributed by atoms with E-state index < -0.39 is 10.8 Å². The standard InChI is InChI=1S/C14H20N2O4/c1-9(2)12(6-7-17)15-14(18)11-8-10(3)4-5-13(11)16(19)20/h4-5,8-9,12,17H,6-7H2,1-3H3,(H,15,18). The Labute approximate surface area is 118 Å². The van der Waals surface area contributed by atoms with E-state index >= 15 is 0 Å². The zero-order valence-corrected chi connectivity index (χ0v) is 11.9. The van der Waals surface area contributed by atoms with E-state index in [2.05, 4.69) is 5.32 Å². The van der Waals surface area contributed by atoms with Crippen LogP contribution >= 0.6 is 0 Å². The van der Waals surface area contributed by atoms with Crippen molar-refractivity contribution in [3.63, 3.8) is 0 Å². The Hall–Kier alpha value is -1.95. The number of nitrogens with one attached hydrogen (secondary N) is 1. The fourth-order valence-corrected chi connectivity index (χ4v) is 1.95. The van der Waals surface area contributed by atoms with Crippen molar-refractivity contribution < 1.29 is 14.8 Å². The summed E-state index contributed by atoms with van der Waals surface area (Å²) in [5, 5.41) is 22.7. The third kappa shape index (κ3) is 4.03.